The minimum atomic E-state index is -2.03. The van der Waals surface area contributed by atoms with Crippen LogP contribution in [0.3, 0.4) is 0 Å². The summed E-state index contributed by atoms with van der Waals surface area (Å²) in [5, 5.41) is 16.3. The van der Waals surface area contributed by atoms with Gasteiger partial charge in [-0.1, -0.05) is 115 Å². The Hall–Kier alpha value is -4.84. The number of aliphatic hydroxyl groups is 1. The van der Waals surface area contributed by atoms with Crippen molar-refractivity contribution in [1.29, 1.82) is 0 Å². The number of thiazole rings is 1. The number of hydrogen-bond acceptors (Lipinski definition) is 7. The van der Waals surface area contributed by atoms with Crippen molar-refractivity contribution in [3.05, 3.63) is 149 Å². The van der Waals surface area contributed by atoms with Crippen LogP contribution in [0.2, 0.25) is 0 Å². The van der Waals surface area contributed by atoms with Gasteiger partial charge >= 0.3 is 0 Å². The minimum absolute atomic E-state index is 0.0896. The van der Waals surface area contributed by atoms with Gasteiger partial charge in [-0.15, -0.1) is 23.1 Å². The Morgan fingerprint density at radius 2 is 1.43 bits per heavy atom. The number of alkyl halides is 1. The molecule has 3 N–H and O–H groups in total. The van der Waals surface area contributed by atoms with E-state index in [1.807, 2.05) is 136 Å². The Balaban J connectivity index is 1.31. The number of nitrogens with zero attached hydrogens (tertiary/aromatic N) is 2. The lowest BCUT2D eigenvalue weighted by Gasteiger charge is -2.45. The van der Waals surface area contributed by atoms with E-state index in [4.69, 9.17) is 0 Å². The van der Waals surface area contributed by atoms with Crippen molar-refractivity contribution < 1.29 is 23.9 Å². The van der Waals surface area contributed by atoms with E-state index in [0.717, 1.165) is 43.3 Å². The number of β-amino-alcohol motifs (C(OH)–C–C–N with tert-alkyl or cyclic N) is 1. The first-order chi connectivity index (χ1) is 25.4. The van der Waals surface area contributed by atoms with Crippen LogP contribution in [0.5, 0.6) is 0 Å². The summed E-state index contributed by atoms with van der Waals surface area (Å²) in [4.78, 5) is 47.7. The highest BCUT2D eigenvalue weighted by Gasteiger charge is 2.53. The lowest BCUT2D eigenvalue weighted by Crippen LogP contribution is -2.61. The van der Waals surface area contributed by atoms with E-state index in [1.54, 1.807) is 16.8 Å². The second-order valence-corrected chi connectivity index (χ2v) is 16.5. The van der Waals surface area contributed by atoms with Crippen LogP contribution in [0.4, 0.5) is 4.39 Å². The molecular formula is C42H43FN4O4S2. The quantitative estimate of drug-likeness (QED) is 0.123. The Kier molecular flexibility index (Phi) is 11.5. The molecule has 274 valence electrons. The number of thioether (sulfide) groups is 1. The number of nitrogens with one attached hydrogen (secondary N) is 2. The van der Waals surface area contributed by atoms with Gasteiger partial charge in [-0.25, -0.2) is 9.37 Å². The second kappa shape index (κ2) is 16.0. The predicted molar refractivity (Wildman–Crippen MR) is 209 cm³/mol. The van der Waals surface area contributed by atoms with Gasteiger partial charge in [0.05, 0.1) is 27.4 Å². The predicted octanol–water partition coefficient (Wildman–Crippen LogP) is 6.65. The summed E-state index contributed by atoms with van der Waals surface area (Å²) in [6.45, 7) is 6.68. The maximum absolute atomic E-state index is 15.8. The smallest absolute Gasteiger partial charge is 0.247 e. The van der Waals surface area contributed by atoms with E-state index in [0.29, 0.717) is 0 Å². The number of aliphatic hydroxyl groups excluding tert-OH is 1. The standard InChI is InChI=1S/C42H43FN4O4S2/c1-27-37(52-26-45-27)30-22-20-29(21-23-30)24-44-39(50)36-35(43)34(49)25-47(36)40(51)38(46-28(2)48)41(3,4)53-42(31-14-8-5-9-15-31,32-16-10-6-11-17-32)33-18-12-7-13-19-33/h5-23,26,34-36,38,49H,24-25H2,1-4H3,(H,44,50)(H,46,48)/t34-,35-,36-,38?/m0/s1. The van der Waals surface area contributed by atoms with Crippen molar-refractivity contribution in [2.45, 2.75) is 68.1 Å². The van der Waals surface area contributed by atoms with Crippen molar-refractivity contribution in [2.24, 2.45) is 0 Å². The van der Waals surface area contributed by atoms with Gasteiger partial charge in [0.25, 0.3) is 0 Å². The fraction of sp³-hybridized carbons (Fsp3) is 0.286. The molecule has 1 aliphatic heterocycles. The zero-order valence-corrected chi connectivity index (χ0v) is 31.7. The van der Waals surface area contributed by atoms with Gasteiger partial charge in [-0.2, -0.15) is 0 Å². The maximum Gasteiger partial charge on any atom is 0.247 e. The lowest BCUT2D eigenvalue weighted by atomic mass is 9.84. The number of carbonyl (C=O) groups excluding carboxylic acids is 3. The first-order valence-corrected chi connectivity index (χ1v) is 19.2. The van der Waals surface area contributed by atoms with E-state index in [1.165, 1.54) is 18.7 Å². The van der Waals surface area contributed by atoms with Crippen LogP contribution in [0.15, 0.2) is 121 Å². The molecule has 11 heteroatoms. The highest BCUT2D eigenvalue weighted by molar-refractivity contribution is 8.02. The van der Waals surface area contributed by atoms with Gasteiger partial charge in [0.1, 0.15) is 18.2 Å². The van der Waals surface area contributed by atoms with E-state index < -0.39 is 58.1 Å². The molecule has 53 heavy (non-hydrogen) atoms. The number of carbonyl (C=O) groups is 3. The summed E-state index contributed by atoms with van der Waals surface area (Å²) < 4.78 is 13.8. The highest BCUT2D eigenvalue weighted by Crippen LogP contribution is 2.54. The molecule has 1 unspecified atom stereocenters. The third-order valence-electron chi connectivity index (χ3n) is 9.62. The number of benzene rings is 4. The van der Waals surface area contributed by atoms with Crippen LogP contribution < -0.4 is 10.6 Å². The van der Waals surface area contributed by atoms with E-state index in [9.17, 15) is 19.5 Å². The second-order valence-electron chi connectivity index (χ2n) is 13.7. The minimum Gasteiger partial charge on any atom is -0.388 e. The van der Waals surface area contributed by atoms with Crippen LogP contribution >= 0.6 is 23.1 Å². The van der Waals surface area contributed by atoms with Crippen LogP contribution in [0.25, 0.3) is 10.4 Å². The summed E-state index contributed by atoms with van der Waals surface area (Å²) in [6.07, 6.45) is -3.61. The van der Waals surface area contributed by atoms with Gasteiger partial charge in [0.2, 0.25) is 17.7 Å². The molecule has 0 spiro atoms. The Labute approximate surface area is 317 Å². The number of aromatic nitrogens is 1. The molecular weight excluding hydrogens is 708 g/mol. The molecule has 1 saturated heterocycles. The van der Waals surface area contributed by atoms with Crippen molar-refractivity contribution in [2.75, 3.05) is 6.54 Å². The number of amides is 3. The molecule has 0 aliphatic carbocycles. The number of rotatable bonds is 12. The monoisotopic (exact) mass is 750 g/mol. The molecule has 4 atom stereocenters. The summed E-state index contributed by atoms with van der Waals surface area (Å²) in [5.74, 6) is -1.86. The summed E-state index contributed by atoms with van der Waals surface area (Å²) in [6, 6.07) is 34.7. The average Bonchev–Trinajstić information content (AvgIpc) is 3.74. The van der Waals surface area contributed by atoms with Gasteiger partial charge < -0.3 is 20.6 Å². The van der Waals surface area contributed by atoms with Crippen LogP contribution in [0, 0.1) is 6.92 Å². The van der Waals surface area contributed by atoms with Gasteiger partial charge in [0.15, 0.2) is 6.17 Å². The number of halogens is 1. The fourth-order valence-electron chi connectivity index (χ4n) is 7.01. The molecule has 6 rings (SSSR count). The van der Waals surface area contributed by atoms with Crippen LogP contribution in [-0.4, -0.2) is 68.4 Å². The van der Waals surface area contributed by atoms with Crippen molar-refractivity contribution in [3.63, 3.8) is 0 Å². The van der Waals surface area contributed by atoms with Gasteiger partial charge in [0, 0.05) is 18.2 Å². The third kappa shape index (κ3) is 7.93. The normalized spacial score (nSPS) is 18.0. The van der Waals surface area contributed by atoms with Gasteiger partial charge in [-0.3, -0.25) is 14.4 Å². The van der Waals surface area contributed by atoms with E-state index in [2.05, 4.69) is 15.6 Å². The third-order valence-corrected chi connectivity index (χ3v) is 12.4. The zero-order chi connectivity index (χ0) is 37.8. The molecule has 2 heterocycles. The highest BCUT2D eigenvalue weighted by atomic mass is 32.2. The number of likely N-dealkylation sites (tertiary alicyclic amines) is 1. The van der Waals surface area contributed by atoms with Crippen molar-refractivity contribution >= 4 is 40.8 Å². The molecule has 0 bridgehead atoms. The molecule has 1 fully saturated rings. The summed E-state index contributed by atoms with van der Waals surface area (Å²) in [7, 11) is 0. The number of hydrogen-bond donors (Lipinski definition) is 3. The molecule has 5 aromatic rings. The van der Waals surface area contributed by atoms with Crippen molar-refractivity contribution in [1.82, 2.24) is 20.5 Å². The molecule has 1 aromatic heterocycles. The van der Waals surface area contributed by atoms with Crippen molar-refractivity contribution in [3.8, 4) is 10.4 Å². The Bertz CT molecular complexity index is 1930. The van der Waals surface area contributed by atoms with Crippen LogP contribution in [0.1, 0.15) is 48.7 Å². The molecule has 1 aliphatic rings. The first kappa shape index (κ1) is 37.9. The van der Waals surface area contributed by atoms with E-state index >= 15 is 4.39 Å². The average molecular weight is 751 g/mol. The van der Waals surface area contributed by atoms with E-state index in [-0.39, 0.29) is 6.54 Å². The fourth-order valence-corrected chi connectivity index (χ4v) is 9.65. The molecule has 3 amide bonds. The molecule has 0 radical (unpaired) electrons. The topological polar surface area (TPSA) is 112 Å². The SMILES string of the molecule is CC(=O)NC(C(=O)N1C[C@H](O)[C@H](F)[C@H]1C(=O)NCc1ccc(-c2scnc2C)cc1)C(C)(C)SC(c1ccccc1)(c1ccccc1)c1ccccc1. The number of aryl methyl sites for hydroxylation is 1. The maximum atomic E-state index is 15.8. The molecule has 0 saturated carbocycles. The largest absolute Gasteiger partial charge is 0.388 e. The lowest BCUT2D eigenvalue weighted by molar-refractivity contribution is -0.142. The molecule has 8 nitrogen and oxygen atoms in total. The van der Waals surface area contributed by atoms with Crippen LogP contribution in [-0.2, 0) is 25.7 Å². The Morgan fingerprint density at radius 1 is 0.906 bits per heavy atom. The first-order valence-electron chi connectivity index (χ1n) is 17.5. The van der Waals surface area contributed by atoms with Gasteiger partial charge in [-0.05, 0) is 48.6 Å². The Morgan fingerprint density at radius 3 is 1.91 bits per heavy atom. The zero-order valence-electron chi connectivity index (χ0n) is 30.0. The molecule has 4 aromatic carbocycles. The summed E-state index contributed by atoms with van der Waals surface area (Å²) in [5.41, 5.74) is 7.37. The summed E-state index contributed by atoms with van der Waals surface area (Å²) >= 11 is 3.03.